The van der Waals surface area contributed by atoms with Gasteiger partial charge in [-0.2, -0.15) is 13.2 Å². The van der Waals surface area contributed by atoms with Crippen LogP contribution in [-0.4, -0.2) is 60.9 Å². The van der Waals surface area contributed by atoms with Crippen molar-refractivity contribution in [1.29, 1.82) is 0 Å². The van der Waals surface area contributed by atoms with Gasteiger partial charge < -0.3 is 15.5 Å². The van der Waals surface area contributed by atoms with Crippen molar-refractivity contribution >= 4 is 23.2 Å². The molecule has 0 aliphatic carbocycles. The maximum atomic E-state index is 16.0. The van der Waals surface area contributed by atoms with Crippen LogP contribution in [-0.2, 0) is 12.6 Å². The summed E-state index contributed by atoms with van der Waals surface area (Å²) in [5.41, 5.74) is -4.93. The Morgan fingerprint density at radius 2 is 1.51 bits per heavy atom. The van der Waals surface area contributed by atoms with Gasteiger partial charge in [-0.05, 0) is 94.1 Å². The average Bonchev–Trinajstić information content (AvgIpc) is 3.00. The fourth-order valence-corrected chi connectivity index (χ4v) is 6.51. The van der Waals surface area contributed by atoms with E-state index in [0.29, 0.717) is 13.1 Å². The van der Waals surface area contributed by atoms with Gasteiger partial charge in [0.05, 0.1) is 28.0 Å². The summed E-state index contributed by atoms with van der Waals surface area (Å²) >= 11 is 0. The molecule has 2 N–H and O–H groups in total. The number of amides is 2. The lowest BCUT2D eigenvalue weighted by Gasteiger charge is -2.44. The van der Waals surface area contributed by atoms with E-state index in [1.54, 1.807) is 32.0 Å². The molecule has 3 aromatic carbocycles. The van der Waals surface area contributed by atoms with Crippen molar-refractivity contribution in [2.75, 3.05) is 30.4 Å². The molecular formula is C36H41F7N4O2. The minimum atomic E-state index is -5.04. The van der Waals surface area contributed by atoms with Gasteiger partial charge in [0.2, 0.25) is 0 Å². The first-order chi connectivity index (χ1) is 22.7. The van der Waals surface area contributed by atoms with Crippen molar-refractivity contribution in [1.82, 2.24) is 10.2 Å². The number of nitrogens with one attached hydrogen (secondary N) is 2. The fraction of sp³-hybridized carbons (Fsp3) is 0.444. The molecule has 1 aliphatic rings. The summed E-state index contributed by atoms with van der Waals surface area (Å²) in [6, 6.07) is 12.1. The van der Waals surface area contributed by atoms with Crippen LogP contribution in [0.15, 0.2) is 60.7 Å². The Balaban J connectivity index is 1.71. The molecule has 0 saturated carbocycles. The first kappa shape index (κ1) is 37.7. The molecule has 2 amide bonds. The Hall–Kier alpha value is -4.13. The maximum Gasteiger partial charge on any atom is 0.417 e. The Kier molecular flexibility index (Phi) is 11.1. The second kappa shape index (κ2) is 14.4. The third kappa shape index (κ3) is 8.92. The molecule has 3 aromatic rings. The maximum absolute atomic E-state index is 16.0. The zero-order chi connectivity index (χ0) is 36.5. The Morgan fingerprint density at radius 1 is 0.898 bits per heavy atom. The Morgan fingerprint density at radius 3 is 2.08 bits per heavy atom. The van der Waals surface area contributed by atoms with Crippen LogP contribution in [0.25, 0.3) is 0 Å². The van der Waals surface area contributed by atoms with Crippen molar-refractivity contribution in [3.63, 3.8) is 0 Å². The summed E-state index contributed by atoms with van der Waals surface area (Å²) in [6.07, 6.45) is -8.44. The Bertz CT molecular complexity index is 1650. The van der Waals surface area contributed by atoms with Crippen molar-refractivity contribution in [2.45, 2.75) is 77.7 Å². The molecule has 0 spiro atoms. The summed E-state index contributed by atoms with van der Waals surface area (Å²) < 4.78 is 100. The number of piperazine rings is 1. The topological polar surface area (TPSA) is 64.7 Å². The number of hydrogen-bond donors (Lipinski definition) is 2. The number of nitrogens with zero attached hydrogens (tertiary/aromatic N) is 2. The number of likely N-dealkylation sites (N-methyl/N-ethyl adjacent to an activating group) is 1. The normalized spacial score (nSPS) is 18.7. The van der Waals surface area contributed by atoms with Crippen LogP contribution in [0, 0.1) is 17.0 Å². The molecule has 13 heteroatoms. The van der Waals surface area contributed by atoms with Crippen molar-refractivity contribution in [3.05, 3.63) is 94.6 Å². The molecule has 1 saturated heterocycles. The molecule has 266 valence electrons. The van der Waals surface area contributed by atoms with Gasteiger partial charge in [0.1, 0.15) is 11.6 Å². The molecule has 1 fully saturated rings. The van der Waals surface area contributed by atoms with E-state index in [1.807, 2.05) is 25.8 Å². The Labute approximate surface area is 281 Å². The van der Waals surface area contributed by atoms with Crippen molar-refractivity contribution in [2.24, 2.45) is 5.41 Å². The zero-order valence-electron chi connectivity index (χ0n) is 28.2. The summed E-state index contributed by atoms with van der Waals surface area (Å²) in [4.78, 5) is 30.2. The third-order valence-electron chi connectivity index (χ3n) is 9.08. The molecule has 49 heavy (non-hydrogen) atoms. The van der Waals surface area contributed by atoms with Gasteiger partial charge in [-0.1, -0.05) is 32.0 Å². The number of anilines is 2. The largest absolute Gasteiger partial charge is 0.417 e. The fourth-order valence-electron chi connectivity index (χ4n) is 6.51. The SMILES string of the molecule is C[C@@H]1CN(c2cc(F)c(CC(C)(C)CC(C)(NC(=O)c3ccccc3)C(F)F)cc2NC(=O)c2ccc(F)cc2C(F)(F)F)C[C@H](C)N1C. The lowest BCUT2D eigenvalue weighted by Crippen LogP contribution is -2.55. The van der Waals surface area contributed by atoms with E-state index in [0.717, 1.165) is 12.1 Å². The van der Waals surface area contributed by atoms with Crippen molar-refractivity contribution < 1.29 is 40.3 Å². The highest BCUT2D eigenvalue weighted by Gasteiger charge is 2.42. The van der Waals surface area contributed by atoms with E-state index in [4.69, 9.17) is 0 Å². The zero-order valence-corrected chi connectivity index (χ0v) is 28.2. The molecule has 4 rings (SSSR count). The van der Waals surface area contributed by atoms with Crippen LogP contribution >= 0.6 is 0 Å². The van der Waals surface area contributed by atoms with Crippen LogP contribution in [0.3, 0.4) is 0 Å². The number of carbonyl (C=O) groups is 2. The highest BCUT2D eigenvalue weighted by molar-refractivity contribution is 6.07. The second-order valence-corrected chi connectivity index (χ2v) is 13.9. The molecule has 1 heterocycles. The van der Waals surface area contributed by atoms with E-state index >= 15 is 4.39 Å². The predicted molar refractivity (Wildman–Crippen MR) is 175 cm³/mol. The number of carbonyl (C=O) groups excluding carboxylic acids is 2. The van der Waals surface area contributed by atoms with E-state index in [2.05, 4.69) is 15.5 Å². The minimum absolute atomic E-state index is 0.000948. The minimum Gasteiger partial charge on any atom is -0.367 e. The van der Waals surface area contributed by atoms with E-state index in [9.17, 15) is 35.9 Å². The van der Waals surface area contributed by atoms with E-state index in [-0.39, 0.29) is 53.5 Å². The summed E-state index contributed by atoms with van der Waals surface area (Å²) in [5, 5.41) is 4.94. The molecule has 0 radical (unpaired) electrons. The van der Waals surface area contributed by atoms with Crippen LogP contribution in [0.5, 0.6) is 0 Å². The van der Waals surface area contributed by atoms with Crippen LogP contribution in [0.2, 0.25) is 0 Å². The molecular weight excluding hydrogens is 653 g/mol. The second-order valence-electron chi connectivity index (χ2n) is 13.9. The molecule has 3 atom stereocenters. The quantitative estimate of drug-likeness (QED) is 0.210. The van der Waals surface area contributed by atoms with Gasteiger partial charge in [0.15, 0.2) is 0 Å². The lowest BCUT2D eigenvalue weighted by atomic mass is 9.75. The summed E-state index contributed by atoms with van der Waals surface area (Å²) in [6.45, 7) is 9.20. The molecule has 1 unspecified atom stereocenters. The van der Waals surface area contributed by atoms with Gasteiger partial charge in [0.25, 0.3) is 18.2 Å². The summed E-state index contributed by atoms with van der Waals surface area (Å²) in [7, 11) is 1.93. The molecule has 6 nitrogen and oxygen atoms in total. The van der Waals surface area contributed by atoms with E-state index in [1.165, 1.54) is 31.2 Å². The highest BCUT2D eigenvalue weighted by Crippen LogP contribution is 2.39. The van der Waals surface area contributed by atoms with E-state index < -0.39 is 58.1 Å². The monoisotopic (exact) mass is 694 g/mol. The number of benzene rings is 3. The van der Waals surface area contributed by atoms with Gasteiger partial charge in [-0.3, -0.25) is 14.5 Å². The molecule has 0 bridgehead atoms. The van der Waals surface area contributed by atoms with Crippen LogP contribution < -0.4 is 15.5 Å². The highest BCUT2D eigenvalue weighted by atomic mass is 19.4. The molecule has 1 aliphatic heterocycles. The number of rotatable bonds is 10. The van der Waals surface area contributed by atoms with Crippen molar-refractivity contribution in [3.8, 4) is 0 Å². The van der Waals surface area contributed by atoms with Gasteiger partial charge in [-0.15, -0.1) is 0 Å². The first-order valence-corrected chi connectivity index (χ1v) is 15.8. The lowest BCUT2D eigenvalue weighted by molar-refractivity contribution is -0.138. The van der Waals surface area contributed by atoms with Gasteiger partial charge in [-0.25, -0.2) is 17.6 Å². The average molecular weight is 695 g/mol. The standard InChI is InChI=1S/C36H41F7N4O2/c1-21-18-47(19-22(2)46(21)6)30-16-28(38)24(14-29(30)44-32(49)26-13-12-25(37)15-27(26)36(41,42)43)17-34(3,4)20-35(5,33(39)40)45-31(48)23-10-8-7-9-11-23/h7-16,21-22,33H,17-20H2,1-6H3,(H,44,49)(H,45,48)/t21-,22+,35?. The van der Waals surface area contributed by atoms with Gasteiger partial charge >= 0.3 is 6.18 Å². The number of alkyl halides is 5. The van der Waals surface area contributed by atoms with Crippen LogP contribution in [0.4, 0.5) is 42.1 Å². The first-order valence-electron chi connectivity index (χ1n) is 15.8. The number of hydrogen-bond acceptors (Lipinski definition) is 4. The van der Waals surface area contributed by atoms with Crippen LogP contribution in [0.1, 0.15) is 72.9 Å². The third-order valence-corrected chi connectivity index (χ3v) is 9.08. The van der Waals surface area contributed by atoms with Gasteiger partial charge in [0, 0.05) is 30.7 Å². The smallest absolute Gasteiger partial charge is 0.367 e. The summed E-state index contributed by atoms with van der Waals surface area (Å²) in [5.74, 6) is -3.76. The predicted octanol–water partition coefficient (Wildman–Crippen LogP) is 8.18. The molecule has 0 aromatic heterocycles. The number of halogens is 7.